The number of carbonyl (C=O) groups is 1. The molecule has 0 bridgehead atoms. The van der Waals surface area contributed by atoms with Crippen molar-refractivity contribution in [1.29, 1.82) is 0 Å². The van der Waals surface area contributed by atoms with Crippen LogP contribution in [0.15, 0.2) is 29.8 Å². The third-order valence-electron chi connectivity index (χ3n) is 4.17. The number of nitro groups is 1. The van der Waals surface area contributed by atoms with Crippen molar-refractivity contribution in [2.45, 2.75) is 6.42 Å². The van der Waals surface area contributed by atoms with Gasteiger partial charge in [-0.25, -0.2) is 0 Å². The Balaban J connectivity index is 2.07. The Labute approximate surface area is 148 Å². The van der Waals surface area contributed by atoms with Crippen LogP contribution in [0.3, 0.4) is 0 Å². The number of nitro benzene ring substituents is 1. The molecule has 0 fully saturated rings. The van der Waals surface area contributed by atoms with Gasteiger partial charge in [-0.2, -0.15) is 0 Å². The summed E-state index contributed by atoms with van der Waals surface area (Å²) in [4.78, 5) is 23.0. The Kier molecular flexibility index (Phi) is 4.25. The van der Waals surface area contributed by atoms with E-state index in [1.54, 1.807) is 24.3 Å². The highest BCUT2D eigenvalue weighted by Gasteiger charge is 2.37. The van der Waals surface area contributed by atoms with Gasteiger partial charge >= 0.3 is 5.69 Å². The molecule has 1 aliphatic rings. The Morgan fingerprint density at radius 3 is 2.46 bits per heavy atom. The van der Waals surface area contributed by atoms with Crippen LogP contribution in [0, 0.1) is 10.1 Å². The SMILES string of the molecule is COc1ccc(/C=C2/Cc3cc(O)c(O)c([N+](=O)[O-])c3C2=O)cc1OC. The number of hydrogen-bond acceptors (Lipinski definition) is 7. The van der Waals surface area contributed by atoms with Crippen molar-refractivity contribution in [1.82, 2.24) is 0 Å². The zero-order valence-corrected chi connectivity index (χ0v) is 14.0. The maximum atomic E-state index is 12.6. The van der Waals surface area contributed by atoms with Crippen LogP contribution in [0.5, 0.6) is 23.0 Å². The minimum absolute atomic E-state index is 0.108. The van der Waals surface area contributed by atoms with Gasteiger partial charge in [0.25, 0.3) is 0 Å². The van der Waals surface area contributed by atoms with Crippen LogP contribution in [0.25, 0.3) is 6.08 Å². The largest absolute Gasteiger partial charge is 0.504 e. The second-order valence-corrected chi connectivity index (χ2v) is 5.67. The molecule has 0 heterocycles. The third-order valence-corrected chi connectivity index (χ3v) is 4.17. The summed E-state index contributed by atoms with van der Waals surface area (Å²) in [5.41, 5.74) is 0.275. The summed E-state index contributed by atoms with van der Waals surface area (Å²) < 4.78 is 10.4. The number of hydrogen-bond donors (Lipinski definition) is 2. The van der Waals surface area contributed by atoms with Gasteiger partial charge in [-0.3, -0.25) is 14.9 Å². The number of rotatable bonds is 4. The van der Waals surface area contributed by atoms with Crippen LogP contribution >= 0.6 is 0 Å². The maximum Gasteiger partial charge on any atom is 0.326 e. The van der Waals surface area contributed by atoms with E-state index >= 15 is 0 Å². The number of ketones is 1. The summed E-state index contributed by atoms with van der Waals surface area (Å²) in [6.45, 7) is 0. The van der Waals surface area contributed by atoms with Crippen LogP contribution in [-0.4, -0.2) is 35.1 Å². The van der Waals surface area contributed by atoms with Gasteiger partial charge in [0.1, 0.15) is 5.56 Å². The second-order valence-electron chi connectivity index (χ2n) is 5.67. The summed E-state index contributed by atoms with van der Waals surface area (Å²) in [5, 5.41) is 30.7. The van der Waals surface area contributed by atoms with Crippen molar-refractivity contribution in [3.63, 3.8) is 0 Å². The van der Waals surface area contributed by atoms with Gasteiger partial charge in [0.2, 0.25) is 5.75 Å². The van der Waals surface area contributed by atoms with Crippen LogP contribution in [0.1, 0.15) is 21.5 Å². The zero-order chi connectivity index (χ0) is 19.0. The number of phenolic OH excluding ortho intramolecular Hbond substituents is 2. The van der Waals surface area contributed by atoms with Crippen molar-refractivity contribution < 1.29 is 29.4 Å². The lowest BCUT2D eigenvalue weighted by Crippen LogP contribution is -2.02. The van der Waals surface area contributed by atoms with E-state index in [0.29, 0.717) is 28.2 Å². The highest BCUT2D eigenvalue weighted by molar-refractivity contribution is 6.18. The molecule has 0 aromatic heterocycles. The van der Waals surface area contributed by atoms with E-state index in [0.717, 1.165) is 0 Å². The number of allylic oxidation sites excluding steroid dienone is 1. The summed E-state index contributed by atoms with van der Waals surface area (Å²) >= 11 is 0. The standard InChI is InChI=1S/C18H15NO7/c1-25-13-4-3-9(6-14(13)26-2)5-11-7-10-8-12(20)18(22)16(19(23)24)15(10)17(11)21/h3-6,8,20,22H,7H2,1-2H3/b11-5-. The number of phenols is 2. The van der Waals surface area contributed by atoms with E-state index in [2.05, 4.69) is 0 Å². The molecule has 0 aliphatic heterocycles. The molecule has 134 valence electrons. The molecular weight excluding hydrogens is 342 g/mol. The number of Topliss-reactive ketones (excluding diaryl/α,β-unsaturated/α-hetero) is 1. The molecule has 2 N–H and O–H groups in total. The van der Waals surface area contributed by atoms with Gasteiger partial charge < -0.3 is 19.7 Å². The average Bonchev–Trinajstić information content (AvgIpc) is 2.90. The van der Waals surface area contributed by atoms with E-state index in [4.69, 9.17) is 9.47 Å². The molecule has 8 nitrogen and oxygen atoms in total. The third kappa shape index (κ3) is 2.71. The van der Waals surface area contributed by atoms with Crippen LogP contribution < -0.4 is 9.47 Å². The second kappa shape index (κ2) is 6.40. The fourth-order valence-corrected chi connectivity index (χ4v) is 2.97. The molecule has 0 spiro atoms. The minimum atomic E-state index is -0.908. The molecule has 2 aromatic carbocycles. The fraction of sp³-hybridized carbons (Fsp3) is 0.167. The van der Waals surface area contributed by atoms with Crippen LogP contribution in [-0.2, 0) is 6.42 Å². The number of carbonyl (C=O) groups excluding carboxylic acids is 1. The zero-order valence-electron chi connectivity index (χ0n) is 14.0. The Bertz CT molecular complexity index is 962. The van der Waals surface area contributed by atoms with Crippen molar-refractivity contribution >= 4 is 17.5 Å². The van der Waals surface area contributed by atoms with E-state index in [1.165, 1.54) is 20.3 Å². The summed E-state index contributed by atoms with van der Waals surface area (Å²) in [6, 6.07) is 6.24. The first-order chi connectivity index (χ1) is 12.4. The molecule has 0 radical (unpaired) electrons. The molecule has 0 saturated carbocycles. The van der Waals surface area contributed by atoms with Gasteiger partial charge in [0, 0.05) is 12.0 Å². The molecular formula is C18H15NO7. The fourth-order valence-electron chi connectivity index (χ4n) is 2.97. The Morgan fingerprint density at radius 2 is 1.85 bits per heavy atom. The first-order valence-electron chi connectivity index (χ1n) is 7.56. The predicted molar refractivity (Wildman–Crippen MR) is 92.0 cm³/mol. The quantitative estimate of drug-likeness (QED) is 0.374. The first kappa shape index (κ1) is 17.3. The van der Waals surface area contributed by atoms with E-state index < -0.39 is 27.9 Å². The number of ether oxygens (including phenoxy) is 2. The molecule has 8 heteroatoms. The number of methoxy groups -OCH3 is 2. The molecule has 3 rings (SSSR count). The van der Waals surface area contributed by atoms with E-state index in [1.807, 2.05) is 0 Å². The predicted octanol–water partition coefficient (Wildman–Crippen LogP) is 2.85. The number of nitrogens with zero attached hydrogens (tertiary/aromatic N) is 1. The normalized spacial score (nSPS) is 14.4. The molecule has 0 unspecified atom stereocenters. The lowest BCUT2D eigenvalue weighted by Gasteiger charge is -2.08. The smallest absolute Gasteiger partial charge is 0.326 e. The Hall–Kier alpha value is -3.55. The first-order valence-corrected chi connectivity index (χ1v) is 7.56. The van der Waals surface area contributed by atoms with Gasteiger partial charge in [-0.1, -0.05) is 6.07 Å². The highest BCUT2D eigenvalue weighted by atomic mass is 16.6. The van der Waals surface area contributed by atoms with Crippen molar-refractivity contribution in [3.8, 4) is 23.0 Å². The van der Waals surface area contributed by atoms with Crippen molar-refractivity contribution in [2.24, 2.45) is 0 Å². The van der Waals surface area contributed by atoms with E-state index in [-0.39, 0.29) is 12.0 Å². The van der Waals surface area contributed by atoms with Crippen molar-refractivity contribution in [2.75, 3.05) is 14.2 Å². The minimum Gasteiger partial charge on any atom is -0.504 e. The maximum absolute atomic E-state index is 12.6. The van der Waals surface area contributed by atoms with Crippen LogP contribution in [0.4, 0.5) is 5.69 Å². The number of fused-ring (bicyclic) bond motifs is 1. The number of aromatic hydroxyl groups is 2. The summed E-state index contributed by atoms with van der Waals surface area (Å²) in [6.07, 6.45) is 1.69. The molecule has 1 aliphatic carbocycles. The lowest BCUT2D eigenvalue weighted by molar-refractivity contribution is -0.386. The average molecular weight is 357 g/mol. The number of benzene rings is 2. The molecule has 0 atom stereocenters. The summed E-state index contributed by atoms with van der Waals surface area (Å²) in [5.74, 6) is -1.09. The van der Waals surface area contributed by atoms with Gasteiger partial charge in [0.15, 0.2) is 23.0 Å². The molecule has 0 amide bonds. The Morgan fingerprint density at radius 1 is 1.15 bits per heavy atom. The summed E-state index contributed by atoms with van der Waals surface area (Å²) in [7, 11) is 2.99. The lowest BCUT2D eigenvalue weighted by atomic mass is 10.1. The molecule has 2 aromatic rings. The highest BCUT2D eigenvalue weighted by Crippen LogP contribution is 2.45. The van der Waals surface area contributed by atoms with E-state index in [9.17, 15) is 25.1 Å². The molecule has 26 heavy (non-hydrogen) atoms. The van der Waals surface area contributed by atoms with Crippen molar-refractivity contribution in [3.05, 3.63) is 56.6 Å². The van der Waals surface area contributed by atoms with Gasteiger partial charge in [-0.05, 0) is 35.4 Å². The molecule has 0 saturated heterocycles. The van der Waals surface area contributed by atoms with Gasteiger partial charge in [0.05, 0.1) is 19.1 Å². The monoisotopic (exact) mass is 357 g/mol. The van der Waals surface area contributed by atoms with Gasteiger partial charge in [-0.15, -0.1) is 0 Å². The van der Waals surface area contributed by atoms with Crippen LogP contribution in [0.2, 0.25) is 0 Å². The topological polar surface area (TPSA) is 119 Å².